The Morgan fingerprint density at radius 2 is 2.00 bits per heavy atom. The molecule has 1 aromatic carbocycles. The number of nitro benzene ring substituents is 1. The summed E-state index contributed by atoms with van der Waals surface area (Å²) >= 11 is 0. The number of carbonyl (C=O) groups is 3. The van der Waals surface area contributed by atoms with E-state index in [4.69, 9.17) is 0 Å². The van der Waals surface area contributed by atoms with Gasteiger partial charge >= 0.3 is 6.03 Å². The first-order valence-electron chi connectivity index (χ1n) is 9.80. The maximum Gasteiger partial charge on any atom is 0.331 e. The van der Waals surface area contributed by atoms with Crippen molar-refractivity contribution in [3.8, 4) is 0 Å². The minimum Gasteiger partial charge on any atom is -0.372 e. The second kappa shape index (κ2) is 8.89. The highest BCUT2D eigenvalue weighted by molar-refractivity contribution is 6.31. The molecule has 1 aliphatic carbocycles. The summed E-state index contributed by atoms with van der Waals surface area (Å²) in [7, 11) is 3.37. The number of hydrogen-bond acceptors (Lipinski definition) is 6. The summed E-state index contributed by atoms with van der Waals surface area (Å²) in [4.78, 5) is 50.8. The van der Waals surface area contributed by atoms with Crippen LogP contribution < -0.4 is 10.2 Å². The van der Waals surface area contributed by atoms with Crippen LogP contribution in [0, 0.1) is 10.1 Å². The lowest BCUT2D eigenvalue weighted by atomic mass is 9.97. The Morgan fingerprint density at radius 3 is 2.63 bits per heavy atom. The predicted molar refractivity (Wildman–Crippen MR) is 112 cm³/mol. The van der Waals surface area contributed by atoms with Gasteiger partial charge in [-0.3, -0.25) is 29.9 Å². The van der Waals surface area contributed by atoms with E-state index in [1.54, 1.807) is 31.1 Å². The lowest BCUT2D eigenvalue weighted by molar-refractivity contribution is -0.384. The first-order chi connectivity index (χ1) is 14.3. The molecule has 1 aromatic rings. The molecule has 4 amide bonds. The predicted octanol–water partition coefficient (Wildman–Crippen LogP) is 3.01. The van der Waals surface area contributed by atoms with Gasteiger partial charge < -0.3 is 4.90 Å². The minimum atomic E-state index is -0.808. The number of allylic oxidation sites excluding steroid dienone is 1. The molecule has 1 heterocycles. The minimum absolute atomic E-state index is 0.143. The highest BCUT2D eigenvalue weighted by atomic mass is 16.6. The summed E-state index contributed by atoms with van der Waals surface area (Å²) in [6, 6.07) is 3.70. The number of nitrogens with one attached hydrogen (secondary N) is 1. The highest BCUT2D eigenvalue weighted by Gasteiger charge is 2.35. The van der Waals surface area contributed by atoms with E-state index in [-0.39, 0.29) is 17.8 Å². The third kappa shape index (κ3) is 4.56. The van der Waals surface area contributed by atoms with Crippen molar-refractivity contribution in [2.24, 2.45) is 0 Å². The van der Waals surface area contributed by atoms with Crippen LogP contribution in [0.5, 0.6) is 0 Å². The molecule has 9 heteroatoms. The lowest BCUT2D eigenvalue weighted by Gasteiger charge is -2.27. The largest absolute Gasteiger partial charge is 0.372 e. The third-order valence-corrected chi connectivity index (χ3v) is 5.22. The summed E-state index contributed by atoms with van der Waals surface area (Å²) in [5.41, 5.74) is 1.57. The van der Waals surface area contributed by atoms with E-state index in [1.807, 2.05) is 0 Å². The second-order valence-electron chi connectivity index (χ2n) is 7.53. The summed E-state index contributed by atoms with van der Waals surface area (Å²) in [5.74, 6) is -1.50. The summed E-state index contributed by atoms with van der Waals surface area (Å²) < 4.78 is 0. The van der Waals surface area contributed by atoms with Crippen molar-refractivity contribution < 1.29 is 19.3 Å². The molecular weight excluding hydrogens is 388 g/mol. The summed E-state index contributed by atoms with van der Waals surface area (Å²) in [6.07, 6.45) is 8.19. The van der Waals surface area contributed by atoms with Gasteiger partial charge in [0.2, 0.25) is 0 Å². The maximum atomic E-state index is 12.8. The van der Waals surface area contributed by atoms with Crippen LogP contribution in [-0.4, -0.2) is 48.3 Å². The zero-order valence-corrected chi connectivity index (χ0v) is 17.0. The zero-order chi connectivity index (χ0) is 21.8. The molecule has 2 aliphatic rings. The standard InChI is InChI=1S/C21H24N4O5/c1-23(2)17-9-8-15(13-18(17)25(29)30)12-16-19(26)22-21(28)24(20(16)27)11-10-14-6-4-3-5-7-14/h6,8-9,12-13H,3-5,7,10-11H2,1-2H3,(H,22,26,28). The number of carbonyl (C=O) groups excluding carboxylic acids is 3. The van der Waals surface area contributed by atoms with Gasteiger partial charge in [-0.1, -0.05) is 17.7 Å². The fourth-order valence-electron chi connectivity index (χ4n) is 3.61. The quantitative estimate of drug-likeness (QED) is 0.253. The molecule has 1 fully saturated rings. The monoisotopic (exact) mass is 412 g/mol. The summed E-state index contributed by atoms with van der Waals surface area (Å²) in [6.45, 7) is 0.181. The topological polar surface area (TPSA) is 113 Å². The van der Waals surface area contributed by atoms with Gasteiger partial charge in [0.25, 0.3) is 17.5 Å². The molecule has 0 atom stereocenters. The van der Waals surface area contributed by atoms with E-state index in [9.17, 15) is 24.5 Å². The maximum absolute atomic E-state index is 12.8. The van der Waals surface area contributed by atoms with E-state index in [2.05, 4.69) is 11.4 Å². The SMILES string of the molecule is CN(C)c1ccc(C=C2C(=O)NC(=O)N(CCC3=CCCCC3)C2=O)cc1[N+](=O)[O-]. The van der Waals surface area contributed by atoms with Crippen LogP contribution in [0.25, 0.3) is 6.08 Å². The number of rotatable bonds is 6. The van der Waals surface area contributed by atoms with Gasteiger partial charge in [0.1, 0.15) is 11.3 Å². The number of urea groups is 1. The third-order valence-electron chi connectivity index (χ3n) is 5.22. The van der Waals surface area contributed by atoms with Crippen molar-refractivity contribution in [2.45, 2.75) is 32.1 Å². The van der Waals surface area contributed by atoms with Gasteiger partial charge in [-0.15, -0.1) is 0 Å². The van der Waals surface area contributed by atoms with Crippen molar-refractivity contribution in [3.05, 3.63) is 51.1 Å². The summed E-state index contributed by atoms with van der Waals surface area (Å²) in [5, 5.41) is 13.6. The number of benzene rings is 1. The second-order valence-corrected chi connectivity index (χ2v) is 7.53. The molecule has 30 heavy (non-hydrogen) atoms. The van der Waals surface area contributed by atoms with Crippen LogP contribution in [0.15, 0.2) is 35.4 Å². The Morgan fingerprint density at radius 1 is 1.23 bits per heavy atom. The average Bonchev–Trinajstić information content (AvgIpc) is 2.71. The molecular formula is C21H24N4O5. The Hall–Kier alpha value is -3.49. The van der Waals surface area contributed by atoms with Crippen LogP contribution in [0.2, 0.25) is 0 Å². The van der Waals surface area contributed by atoms with Gasteiger partial charge in [0.15, 0.2) is 0 Å². The number of amides is 4. The zero-order valence-electron chi connectivity index (χ0n) is 17.0. The Bertz CT molecular complexity index is 964. The number of nitrogens with zero attached hydrogens (tertiary/aromatic N) is 3. The van der Waals surface area contributed by atoms with Crippen LogP contribution in [0.3, 0.4) is 0 Å². The highest BCUT2D eigenvalue weighted by Crippen LogP contribution is 2.29. The van der Waals surface area contributed by atoms with Crippen molar-refractivity contribution in [2.75, 3.05) is 25.5 Å². The van der Waals surface area contributed by atoms with Gasteiger partial charge in [-0.25, -0.2) is 4.79 Å². The normalized spacial score (nSPS) is 18.3. The van der Waals surface area contributed by atoms with Crippen molar-refractivity contribution in [1.82, 2.24) is 10.2 Å². The van der Waals surface area contributed by atoms with Crippen molar-refractivity contribution in [3.63, 3.8) is 0 Å². The van der Waals surface area contributed by atoms with E-state index >= 15 is 0 Å². The van der Waals surface area contributed by atoms with E-state index in [0.717, 1.165) is 30.6 Å². The first-order valence-corrected chi connectivity index (χ1v) is 9.80. The average molecular weight is 412 g/mol. The van der Waals surface area contributed by atoms with Gasteiger partial charge in [0.05, 0.1) is 4.92 Å². The fraction of sp³-hybridized carbons (Fsp3) is 0.381. The van der Waals surface area contributed by atoms with Gasteiger partial charge in [-0.2, -0.15) is 0 Å². The van der Waals surface area contributed by atoms with E-state index < -0.39 is 22.8 Å². The Balaban J connectivity index is 1.85. The Kier molecular flexibility index (Phi) is 6.29. The molecule has 0 unspecified atom stereocenters. The number of imide groups is 2. The number of nitro groups is 1. The molecule has 1 N–H and O–H groups in total. The molecule has 0 aromatic heterocycles. The number of anilines is 1. The molecule has 1 saturated heterocycles. The van der Waals surface area contributed by atoms with E-state index in [0.29, 0.717) is 17.7 Å². The molecule has 3 rings (SSSR count). The van der Waals surface area contributed by atoms with Crippen LogP contribution in [0.1, 0.15) is 37.7 Å². The molecule has 0 spiro atoms. The van der Waals surface area contributed by atoms with Crippen LogP contribution >= 0.6 is 0 Å². The molecule has 9 nitrogen and oxygen atoms in total. The number of hydrogen-bond donors (Lipinski definition) is 1. The van der Waals surface area contributed by atoms with Crippen LogP contribution in [0.4, 0.5) is 16.2 Å². The van der Waals surface area contributed by atoms with Gasteiger partial charge in [0, 0.05) is 26.7 Å². The molecule has 1 aliphatic heterocycles. The first kappa shape index (κ1) is 21.2. The number of barbiturate groups is 1. The lowest BCUT2D eigenvalue weighted by Crippen LogP contribution is -2.54. The smallest absolute Gasteiger partial charge is 0.331 e. The van der Waals surface area contributed by atoms with Crippen molar-refractivity contribution >= 4 is 35.3 Å². The van der Waals surface area contributed by atoms with Crippen LogP contribution in [-0.2, 0) is 9.59 Å². The molecule has 158 valence electrons. The molecule has 0 saturated carbocycles. The van der Waals surface area contributed by atoms with Crippen molar-refractivity contribution in [1.29, 1.82) is 0 Å². The molecule has 0 bridgehead atoms. The molecule has 0 radical (unpaired) electrons. The Labute approximate surface area is 174 Å². The fourth-order valence-corrected chi connectivity index (χ4v) is 3.61. The van der Waals surface area contributed by atoms with Gasteiger partial charge in [-0.05, 0) is 49.8 Å². The van der Waals surface area contributed by atoms with E-state index in [1.165, 1.54) is 17.7 Å².